The Labute approximate surface area is 109 Å². The van der Waals surface area contributed by atoms with E-state index >= 15 is 0 Å². The van der Waals surface area contributed by atoms with Gasteiger partial charge in [-0.15, -0.1) is 0 Å². The Kier molecular flexibility index (Phi) is 6.54. The molecule has 102 valence electrons. The van der Waals surface area contributed by atoms with Crippen LogP contribution in [-0.4, -0.2) is 50.0 Å². The number of benzene rings is 1. The molecule has 1 aromatic carbocycles. The molecular formula is C14H23NO3. The Balaban J connectivity index is 2.20. The van der Waals surface area contributed by atoms with Gasteiger partial charge in [0.15, 0.2) is 0 Å². The summed E-state index contributed by atoms with van der Waals surface area (Å²) >= 11 is 0. The van der Waals surface area contributed by atoms with Crippen molar-refractivity contribution < 1.29 is 14.6 Å². The average Bonchev–Trinajstić information content (AvgIpc) is 2.37. The second kappa shape index (κ2) is 7.95. The third-order valence-corrected chi connectivity index (χ3v) is 2.73. The van der Waals surface area contributed by atoms with Crippen molar-refractivity contribution in [1.82, 2.24) is 4.90 Å². The standard InChI is InChI=1S/C14H23NO3/c1-12(16)8-9-15(2)10-11-18-14-6-4-13(17-3)5-7-14/h4-7,12,16H,8-11H2,1-3H3. The normalized spacial score (nSPS) is 12.5. The van der Waals surface area contributed by atoms with Crippen molar-refractivity contribution in [3.63, 3.8) is 0 Å². The number of ether oxygens (including phenoxy) is 2. The Morgan fingerprint density at radius 1 is 1.17 bits per heavy atom. The van der Waals surface area contributed by atoms with E-state index in [2.05, 4.69) is 4.90 Å². The van der Waals surface area contributed by atoms with Crippen molar-refractivity contribution >= 4 is 0 Å². The zero-order chi connectivity index (χ0) is 13.4. The van der Waals surface area contributed by atoms with Crippen LogP contribution < -0.4 is 9.47 Å². The van der Waals surface area contributed by atoms with Gasteiger partial charge in [0.05, 0.1) is 13.2 Å². The first-order chi connectivity index (χ1) is 8.61. The first kappa shape index (κ1) is 14.8. The van der Waals surface area contributed by atoms with Crippen molar-refractivity contribution in [2.45, 2.75) is 19.4 Å². The van der Waals surface area contributed by atoms with Crippen LogP contribution in [0.1, 0.15) is 13.3 Å². The Hall–Kier alpha value is -1.26. The molecule has 1 rings (SSSR count). The zero-order valence-electron chi connectivity index (χ0n) is 11.4. The molecule has 0 fully saturated rings. The fourth-order valence-corrected chi connectivity index (χ4v) is 1.51. The molecule has 1 aromatic rings. The molecule has 1 unspecified atom stereocenters. The molecule has 0 bridgehead atoms. The molecule has 0 aromatic heterocycles. The largest absolute Gasteiger partial charge is 0.497 e. The highest BCUT2D eigenvalue weighted by Crippen LogP contribution is 2.16. The van der Waals surface area contributed by atoms with Crippen LogP contribution in [0.25, 0.3) is 0 Å². The Morgan fingerprint density at radius 2 is 1.78 bits per heavy atom. The van der Waals surface area contributed by atoms with Crippen LogP contribution in [0.15, 0.2) is 24.3 Å². The number of aliphatic hydroxyl groups excluding tert-OH is 1. The van der Waals surface area contributed by atoms with E-state index in [0.717, 1.165) is 31.0 Å². The van der Waals surface area contributed by atoms with Gasteiger partial charge < -0.3 is 19.5 Å². The molecule has 4 heteroatoms. The fourth-order valence-electron chi connectivity index (χ4n) is 1.51. The molecule has 0 heterocycles. The van der Waals surface area contributed by atoms with Gasteiger partial charge in [0.1, 0.15) is 18.1 Å². The SMILES string of the molecule is COc1ccc(OCCN(C)CCC(C)O)cc1. The van der Waals surface area contributed by atoms with Gasteiger partial charge in [0, 0.05) is 13.1 Å². The molecule has 0 saturated carbocycles. The number of likely N-dealkylation sites (N-methyl/N-ethyl adjacent to an activating group) is 1. The number of rotatable bonds is 8. The molecule has 1 N–H and O–H groups in total. The van der Waals surface area contributed by atoms with Gasteiger partial charge in [-0.2, -0.15) is 0 Å². The lowest BCUT2D eigenvalue weighted by molar-refractivity contribution is 0.157. The number of nitrogens with zero attached hydrogens (tertiary/aromatic N) is 1. The molecule has 0 radical (unpaired) electrons. The minimum atomic E-state index is -0.241. The predicted octanol–water partition coefficient (Wildman–Crippen LogP) is 1.78. The summed E-state index contributed by atoms with van der Waals surface area (Å²) < 4.78 is 10.7. The lowest BCUT2D eigenvalue weighted by Gasteiger charge is -2.17. The summed E-state index contributed by atoms with van der Waals surface area (Å²) in [6, 6.07) is 7.56. The summed E-state index contributed by atoms with van der Waals surface area (Å²) in [7, 11) is 3.67. The lowest BCUT2D eigenvalue weighted by atomic mass is 10.3. The van der Waals surface area contributed by atoms with Crippen LogP contribution in [0.2, 0.25) is 0 Å². The van der Waals surface area contributed by atoms with Crippen LogP contribution >= 0.6 is 0 Å². The monoisotopic (exact) mass is 253 g/mol. The summed E-state index contributed by atoms with van der Waals surface area (Å²) in [6.07, 6.45) is 0.550. The molecule has 0 saturated heterocycles. The van der Waals surface area contributed by atoms with Gasteiger partial charge in [-0.3, -0.25) is 0 Å². The van der Waals surface area contributed by atoms with Gasteiger partial charge in [0.25, 0.3) is 0 Å². The lowest BCUT2D eigenvalue weighted by Crippen LogP contribution is -2.27. The highest BCUT2D eigenvalue weighted by Gasteiger charge is 2.02. The predicted molar refractivity (Wildman–Crippen MR) is 72.3 cm³/mol. The Morgan fingerprint density at radius 3 is 2.33 bits per heavy atom. The Bertz CT molecular complexity index is 324. The van der Waals surface area contributed by atoms with Gasteiger partial charge in [0.2, 0.25) is 0 Å². The summed E-state index contributed by atoms with van der Waals surface area (Å²) in [5.74, 6) is 1.68. The van der Waals surface area contributed by atoms with E-state index in [4.69, 9.17) is 9.47 Å². The summed E-state index contributed by atoms with van der Waals surface area (Å²) in [6.45, 7) is 4.17. The number of methoxy groups -OCH3 is 1. The van der Waals surface area contributed by atoms with Crippen molar-refractivity contribution in [1.29, 1.82) is 0 Å². The third kappa shape index (κ3) is 5.89. The average molecular weight is 253 g/mol. The van der Waals surface area contributed by atoms with E-state index in [9.17, 15) is 5.11 Å². The van der Waals surface area contributed by atoms with Crippen molar-refractivity contribution in [3.05, 3.63) is 24.3 Å². The number of hydrogen-bond acceptors (Lipinski definition) is 4. The van der Waals surface area contributed by atoms with E-state index in [1.54, 1.807) is 7.11 Å². The van der Waals surface area contributed by atoms with Crippen molar-refractivity contribution in [3.8, 4) is 11.5 Å². The van der Waals surface area contributed by atoms with Gasteiger partial charge in [-0.25, -0.2) is 0 Å². The maximum atomic E-state index is 9.18. The maximum absolute atomic E-state index is 9.18. The van der Waals surface area contributed by atoms with E-state index < -0.39 is 0 Å². The molecule has 1 atom stereocenters. The highest BCUT2D eigenvalue weighted by atomic mass is 16.5. The van der Waals surface area contributed by atoms with Crippen LogP contribution in [0, 0.1) is 0 Å². The smallest absolute Gasteiger partial charge is 0.119 e. The minimum Gasteiger partial charge on any atom is -0.497 e. The summed E-state index contributed by atoms with van der Waals surface area (Å²) in [5.41, 5.74) is 0. The van der Waals surface area contributed by atoms with E-state index in [0.29, 0.717) is 6.61 Å². The van der Waals surface area contributed by atoms with Gasteiger partial charge in [-0.05, 0) is 44.7 Å². The van der Waals surface area contributed by atoms with Crippen molar-refractivity contribution in [2.24, 2.45) is 0 Å². The van der Waals surface area contributed by atoms with Crippen LogP contribution in [-0.2, 0) is 0 Å². The van der Waals surface area contributed by atoms with Gasteiger partial charge in [-0.1, -0.05) is 0 Å². The molecule has 0 aliphatic heterocycles. The van der Waals surface area contributed by atoms with Crippen LogP contribution in [0.3, 0.4) is 0 Å². The van der Waals surface area contributed by atoms with E-state index in [1.807, 2.05) is 38.2 Å². The zero-order valence-corrected chi connectivity index (χ0v) is 11.4. The first-order valence-electron chi connectivity index (χ1n) is 6.25. The summed E-state index contributed by atoms with van der Waals surface area (Å²) in [5, 5.41) is 9.18. The summed E-state index contributed by atoms with van der Waals surface area (Å²) in [4.78, 5) is 2.15. The van der Waals surface area contributed by atoms with Crippen molar-refractivity contribution in [2.75, 3.05) is 33.9 Å². The molecule has 0 aliphatic carbocycles. The highest BCUT2D eigenvalue weighted by molar-refractivity contribution is 5.31. The van der Waals surface area contributed by atoms with E-state index in [-0.39, 0.29) is 6.10 Å². The second-order valence-corrected chi connectivity index (χ2v) is 4.46. The second-order valence-electron chi connectivity index (χ2n) is 4.46. The molecular weight excluding hydrogens is 230 g/mol. The molecule has 0 aliphatic rings. The maximum Gasteiger partial charge on any atom is 0.119 e. The van der Waals surface area contributed by atoms with E-state index in [1.165, 1.54) is 0 Å². The minimum absolute atomic E-state index is 0.241. The fraction of sp³-hybridized carbons (Fsp3) is 0.571. The molecule has 0 amide bonds. The van der Waals surface area contributed by atoms with Crippen LogP contribution in [0.4, 0.5) is 0 Å². The molecule has 0 spiro atoms. The molecule has 18 heavy (non-hydrogen) atoms. The molecule has 4 nitrogen and oxygen atoms in total. The topological polar surface area (TPSA) is 41.9 Å². The van der Waals surface area contributed by atoms with Crippen LogP contribution in [0.5, 0.6) is 11.5 Å². The number of aliphatic hydroxyl groups is 1. The van der Waals surface area contributed by atoms with Gasteiger partial charge >= 0.3 is 0 Å². The third-order valence-electron chi connectivity index (χ3n) is 2.73. The number of hydrogen-bond donors (Lipinski definition) is 1. The first-order valence-corrected chi connectivity index (χ1v) is 6.25. The quantitative estimate of drug-likeness (QED) is 0.767.